The number of hydrogen-bond acceptors (Lipinski definition) is 4. The Hall–Kier alpha value is -2.68. The van der Waals surface area contributed by atoms with E-state index in [1.54, 1.807) is 6.20 Å². The molecule has 144 valence electrons. The maximum Gasteiger partial charge on any atom is 0.171 e. The van der Waals surface area contributed by atoms with Crippen molar-refractivity contribution in [3.8, 4) is 0 Å². The van der Waals surface area contributed by atoms with E-state index < -0.39 is 0 Å². The Morgan fingerprint density at radius 3 is 2.22 bits per heavy atom. The van der Waals surface area contributed by atoms with E-state index in [0.717, 1.165) is 35.6 Å². The third-order valence-corrected chi connectivity index (χ3v) is 4.92. The van der Waals surface area contributed by atoms with Crippen molar-refractivity contribution in [3.63, 3.8) is 0 Å². The highest BCUT2D eigenvalue weighted by molar-refractivity contribution is 7.80. The molecule has 3 rings (SSSR count). The second kappa shape index (κ2) is 8.34. The van der Waals surface area contributed by atoms with Gasteiger partial charge in [0, 0.05) is 48.3 Å². The third-order valence-electron chi connectivity index (χ3n) is 4.67. The summed E-state index contributed by atoms with van der Waals surface area (Å²) in [6.45, 7) is 11.4. The van der Waals surface area contributed by atoms with E-state index in [2.05, 4.69) is 53.6 Å². The van der Waals surface area contributed by atoms with Gasteiger partial charge in [-0.05, 0) is 39.9 Å². The van der Waals surface area contributed by atoms with Crippen LogP contribution < -0.4 is 10.6 Å². The molecular weight excluding hydrogens is 360 g/mol. The maximum atomic E-state index is 5.39. The zero-order valence-electron chi connectivity index (χ0n) is 16.2. The normalized spacial score (nSPS) is 11.0. The molecule has 0 aromatic carbocycles. The summed E-state index contributed by atoms with van der Waals surface area (Å²) in [5, 5.41) is 20.1. The van der Waals surface area contributed by atoms with E-state index in [1.165, 1.54) is 5.69 Å². The number of hydrogen-bond donors (Lipinski definition) is 2. The Morgan fingerprint density at radius 1 is 0.963 bits per heavy atom. The number of anilines is 1. The van der Waals surface area contributed by atoms with Crippen LogP contribution in [0, 0.1) is 13.8 Å². The second-order valence-corrected chi connectivity index (χ2v) is 6.78. The number of nitrogens with zero attached hydrogens (tertiary/aromatic N) is 6. The van der Waals surface area contributed by atoms with Gasteiger partial charge in [-0.1, -0.05) is 0 Å². The molecule has 8 nitrogen and oxygen atoms in total. The minimum atomic E-state index is 0.563. The summed E-state index contributed by atoms with van der Waals surface area (Å²) < 4.78 is 5.84. The Balaban J connectivity index is 1.54. The summed E-state index contributed by atoms with van der Waals surface area (Å²) in [4.78, 5) is 0. The number of thiocarbonyl (C=S) groups is 1. The van der Waals surface area contributed by atoms with Gasteiger partial charge in [0.05, 0.1) is 30.8 Å². The van der Waals surface area contributed by atoms with Crippen LogP contribution >= 0.6 is 12.2 Å². The van der Waals surface area contributed by atoms with Crippen LogP contribution in [-0.2, 0) is 26.2 Å². The van der Waals surface area contributed by atoms with Gasteiger partial charge in [0.25, 0.3) is 0 Å². The van der Waals surface area contributed by atoms with E-state index in [4.69, 9.17) is 12.2 Å². The quantitative estimate of drug-likeness (QED) is 0.608. The zero-order chi connectivity index (χ0) is 19.4. The molecule has 3 aromatic heterocycles. The maximum absolute atomic E-state index is 5.39. The summed E-state index contributed by atoms with van der Waals surface area (Å²) in [5.74, 6) is 0. The lowest BCUT2D eigenvalue weighted by molar-refractivity contribution is 0.633. The third kappa shape index (κ3) is 4.36. The van der Waals surface area contributed by atoms with Crippen molar-refractivity contribution in [2.75, 3.05) is 5.32 Å². The molecule has 0 fully saturated rings. The van der Waals surface area contributed by atoms with Gasteiger partial charge in [-0.2, -0.15) is 15.3 Å². The summed E-state index contributed by atoms with van der Waals surface area (Å²) in [6, 6.07) is 0. The highest BCUT2D eigenvalue weighted by atomic mass is 32.1. The fraction of sp³-hybridized carbons (Fsp3) is 0.444. The predicted octanol–water partition coefficient (Wildman–Crippen LogP) is 2.47. The van der Waals surface area contributed by atoms with Crippen LogP contribution in [0.1, 0.15) is 36.4 Å². The fourth-order valence-electron chi connectivity index (χ4n) is 2.98. The number of aryl methyl sites for hydroxylation is 2. The van der Waals surface area contributed by atoms with Crippen molar-refractivity contribution in [3.05, 3.63) is 47.3 Å². The smallest absolute Gasteiger partial charge is 0.171 e. The van der Waals surface area contributed by atoms with E-state index in [9.17, 15) is 0 Å². The van der Waals surface area contributed by atoms with Crippen LogP contribution in [0.15, 0.2) is 24.8 Å². The van der Waals surface area contributed by atoms with Crippen molar-refractivity contribution < 1.29 is 0 Å². The highest BCUT2D eigenvalue weighted by Crippen LogP contribution is 2.12. The number of nitrogens with one attached hydrogen (secondary N) is 2. The predicted molar refractivity (Wildman–Crippen MR) is 110 cm³/mol. The van der Waals surface area contributed by atoms with Crippen molar-refractivity contribution in [1.82, 2.24) is 34.7 Å². The Labute approximate surface area is 164 Å². The van der Waals surface area contributed by atoms with Gasteiger partial charge in [-0.15, -0.1) is 0 Å². The van der Waals surface area contributed by atoms with E-state index >= 15 is 0 Å². The van der Waals surface area contributed by atoms with E-state index in [-0.39, 0.29) is 0 Å². The molecule has 2 N–H and O–H groups in total. The van der Waals surface area contributed by atoms with Crippen LogP contribution in [-0.4, -0.2) is 34.5 Å². The van der Waals surface area contributed by atoms with Crippen molar-refractivity contribution in [2.45, 2.75) is 53.9 Å². The van der Waals surface area contributed by atoms with Gasteiger partial charge in [0.1, 0.15) is 0 Å². The second-order valence-electron chi connectivity index (χ2n) is 6.38. The lowest BCUT2D eigenvalue weighted by atomic mass is 10.2. The first kappa shape index (κ1) is 19.1. The standard InChI is InChI=1S/C18H26N8S/c1-5-25-13(3)15(8-21-25)7-19-18(27)23-17-10-20-24(12-17)11-16-9-22-26(6-2)14(16)4/h8-10,12H,5-7,11H2,1-4H3,(H2,19,23,27). The molecule has 0 aliphatic carbocycles. The highest BCUT2D eigenvalue weighted by Gasteiger charge is 2.09. The van der Waals surface area contributed by atoms with Crippen LogP contribution in [0.2, 0.25) is 0 Å². The Bertz CT molecular complexity index is 920. The van der Waals surface area contributed by atoms with Gasteiger partial charge < -0.3 is 10.6 Å². The van der Waals surface area contributed by atoms with Gasteiger partial charge >= 0.3 is 0 Å². The molecule has 0 saturated heterocycles. The molecule has 0 radical (unpaired) electrons. The molecule has 0 spiro atoms. The molecule has 0 bridgehead atoms. The lowest BCUT2D eigenvalue weighted by Crippen LogP contribution is -2.27. The molecule has 3 heterocycles. The van der Waals surface area contributed by atoms with Gasteiger partial charge in [0.2, 0.25) is 0 Å². The average molecular weight is 387 g/mol. The van der Waals surface area contributed by atoms with Crippen molar-refractivity contribution >= 4 is 23.0 Å². The van der Waals surface area contributed by atoms with Crippen LogP contribution in [0.3, 0.4) is 0 Å². The summed E-state index contributed by atoms with van der Waals surface area (Å²) in [5.41, 5.74) is 5.48. The minimum absolute atomic E-state index is 0.563. The Morgan fingerprint density at radius 2 is 1.59 bits per heavy atom. The molecular formula is C18H26N8S. The first-order valence-corrected chi connectivity index (χ1v) is 9.52. The largest absolute Gasteiger partial charge is 0.358 e. The molecule has 9 heteroatoms. The van der Waals surface area contributed by atoms with Crippen LogP contribution in [0.4, 0.5) is 5.69 Å². The fourth-order valence-corrected chi connectivity index (χ4v) is 3.17. The molecule has 0 saturated carbocycles. The topological polar surface area (TPSA) is 77.5 Å². The van der Waals surface area contributed by atoms with Gasteiger partial charge in [-0.25, -0.2) is 0 Å². The first-order valence-electron chi connectivity index (χ1n) is 9.11. The first-order chi connectivity index (χ1) is 13.0. The lowest BCUT2D eigenvalue weighted by Gasteiger charge is -2.09. The number of rotatable bonds is 7. The molecule has 27 heavy (non-hydrogen) atoms. The number of aromatic nitrogens is 6. The monoisotopic (exact) mass is 386 g/mol. The zero-order valence-corrected chi connectivity index (χ0v) is 17.0. The molecule has 0 aliphatic heterocycles. The summed E-state index contributed by atoms with van der Waals surface area (Å²) in [7, 11) is 0. The summed E-state index contributed by atoms with van der Waals surface area (Å²) in [6.07, 6.45) is 7.49. The van der Waals surface area contributed by atoms with Crippen LogP contribution in [0.25, 0.3) is 0 Å². The molecule has 3 aromatic rings. The van der Waals surface area contributed by atoms with Gasteiger partial charge in [-0.3, -0.25) is 14.0 Å². The molecule has 0 aliphatic rings. The average Bonchev–Trinajstić information content (AvgIpc) is 3.34. The van der Waals surface area contributed by atoms with Crippen LogP contribution in [0.5, 0.6) is 0 Å². The summed E-state index contributed by atoms with van der Waals surface area (Å²) >= 11 is 5.39. The van der Waals surface area contributed by atoms with E-state index in [0.29, 0.717) is 18.2 Å². The minimum Gasteiger partial charge on any atom is -0.358 e. The Kier molecular flexibility index (Phi) is 5.90. The van der Waals surface area contributed by atoms with E-state index in [1.807, 2.05) is 32.6 Å². The van der Waals surface area contributed by atoms with Crippen molar-refractivity contribution in [1.29, 1.82) is 0 Å². The molecule has 0 amide bonds. The molecule has 0 atom stereocenters. The SMILES string of the molecule is CCn1ncc(CNC(=S)Nc2cnn(Cc3cnn(CC)c3C)c2)c1C. The molecule has 0 unspecified atom stereocenters. The van der Waals surface area contributed by atoms with Crippen molar-refractivity contribution in [2.24, 2.45) is 0 Å². The van der Waals surface area contributed by atoms with Gasteiger partial charge in [0.15, 0.2) is 5.11 Å².